The Hall–Kier alpha value is -1.23. The number of amides is 2. The number of hydrogen-bond donors (Lipinski definition) is 1. The number of imide groups is 1. The van der Waals surface area contributed by atoms with Crippen LogP contribution in [0.3, 0.4) is 0 Å². The first-order valence-corrected chi connectivity index (χ1v) is 4.57. The Labute approximate surface area is 88.4 Å². The van der Waals surface area contributed by atoms with Crippen LogP contribution in [-0.2, 0) is 4.79 Å². The molecule has 0 heterocycles. The van der Waals surface area contributed by atoms with Gasteiger partial charge in [0, 0.05) is 6.92 Å². The van der Waals surface area contributed by atoms with E-state index in [1.54, 1.807) is 0 Å². The average Bonchev–Trinajstić information content (AvgIpc) is 2.08. The highest BCUT2D eigenvalue weighted by molar-refractivity contribution is 9.10. The van der Waals surface area contributed by atoms with Gasteiger partial charge in [0.05, 0.1) is 10.0 Å². The highest BCUT2D eigenvalue weighted by Crippen LogP contribution is 2.19. The molecular weight excluding hydrogens is 253 g/mol. The number of halogens is 2. The van der Waals surface area contributed by atoms with E-state index in [4.69, 9.17) is 0 Å². The predicted molar refractivity (Wildman–Crippen MR) is 52.2 cm³/mol. The van der Waals surface area contributed by atoms with Crippen molar-refractivity contribution in [3.8, 4) is 0 Å². The molecule has 5 heteroatoms. The van der Waals surface area contributed by atoms with Gasteiger partial charge in [0.2, 0.25) is 5.91 Å². The van der Waals surface area contributed by atoms with E-state index in [0.29, 0.717) is 0 Å². The van der Waals surface area contributed by atoms with Gasteiger partial charge in [-0.1, -0.05) is 6.07 Å². The molecule has 0 aliphatic heterocycles. The smallest absolute Gasteiger partial charge is 0.259 e. The summed E-state index contributed by atoms with van der Waals surface area (Å²) in [6.07, 6.45) is 0. The first-order valence-electron chi connectivity index (χ1n) is 3.78. The van der Waals surface area contributed by atoms with E-state index in [0.717, 1.165) is 0 Å². The van der Waals surface area contributed by atoms with Crippen LogP contribution in [-0.4, -0.2) is 11.8 Å². The Kier molecular flexibility index (Phi) is 3.35. The Morgan fingerprint density at radius 3 is 2.64 bits per heavy atom. The minimum Gasteiger partial charge on any atom is -0.293 e. The molecule has 0 aliphatic carbocycles. The van der Waals surface area contributed by atoms with Crippen molar-refractivity contribution >= 4 is 27.7 Å². The van der Waals surface area contributed by atoms with Gasteiger partial charge in [-0.05, 0) is 28.1 Å². The fourth-order valence-electron chi connectivity index (χ4n) is 0.906. The first-order chi connectivity index (χ1) is 6.52. The molecule has 0 aliphatic rings. The van der Waals surface area contributed by atoms with Crippen LogP contribution in [0.15, 0.2) is 22.7 Å². The Balaban J connectivity index is 3.01. The molecule has 0 spiro atoms. The molecule has 0 saturated carbocycles. The summed E-state index contributed by atoms with van der Waals surface area (Å²) in [7, 11) is 0. The fraction of sp³-hybridized carbons (Fsp3) is 0.111. The summed E-state index contributed by atoms with van der Waals surface area (Å²) in [5, 5.41) is 2.05. The van der Waals surface area contributed by atoms with Crippen LogP contribution in [0.1, 0.15) is 17.3 Å². The summed E-state index contributed by atoms with van der Waals surface area (Å²) in [5.74, 6) is -1.64. The van der Waals surface area contributed by atoms with Crippen LogP contribution >= 0.6 is 15.9 Å². The zero-order valence-electron chi connectivity index (χ0n) is 7.30. The molecule has 0 radical (unpaired) electrons. The number of nitrogens with one attached hydrogen (secondary N) is 1. The minimum atomic E-state index is -0.621. The van der Waals surface area contributed by atoms with Gasteiger partial charge >= 0.3 is 0 Å². The number of hydrogen-bond acceptors (Lipinski definition) is 2. The van der Waals surface area contributed by atoms with Crippen molar-refractivity contribution < 1.29 is 14.0 Å². The summed E-state index contributed by atoms with van der Waals surface area (Å²) in [6, 6.07) is 4.04. The van der Waals surface area contributed by atoms with Crippen LogP contribution in [0.2, 0.25) is 0 Å². The Morgan fingerprint density at radius 2 is 2.07 bits per heavy atom. The van der Waals surface area contributed by atoms with E-state index in [1.807, 2.05) is 0 Å². The zero-order chi connectivity index (χ0) is 10.7. The van der Waals surface area contributed by atoms with Crippen LogP contribution in [0, 0.1) is 5.82 Å². The maximum atomic E-state index is 13.0. The average molecular weight is 260 g/mol. The number of carbonyl (C=O) groups is 2. The molecule has 0 fully saturated rings. The van der Waals surface area contributed by atoms with Crippen molar-refractivity contribution in [1.29, 1.82) is 0 Å². The molecule has 1 rings (SSSR count). The van der Waals surface area contributed by atoms with Crippen LogP contribution in [0.5, 0.6) is 0 Å². The lowest BCUT2D eigenvalue weighted by Crippen LogP contribution is -2.28. The van der Waals surface area contributed by atoms with Gasteiger partial charge < -0.3 is 0 Å². The van der Waals surface area contributed by atoms with Gasteiger partial charge in [-0.2, -0.15) is 0 Å². The molecule has 3 nitrogen and oxygen atoms in total. The molecule has 74 valence electrons. The van der Waals surface area contributed by atoms with Gasteiger partial charge in [0.25, 0.3) is 5.91 Å². The monoisotopic (exact) mass is 259 g/mol. The lowest BCUT2D eigenvalue weighted by atomic mass is 10.2. The topological polar surface area (TPSA) is 46.2 Å². The maximum absolute atomic E-state index is 13.0. The van der Waals surface area contributed by atoms with E-state index in [9.17, 15) is 14.0 Å². The standard InChI is InChI=1S/C9H7BrFNO2/c1-5(13)12-9(14)6-3-2-4-7(11)8(6)10/h2-4H,1H3,(H,12,13,14). The minimum absolute atomic E-state index is 0.0544. The summed E-state index contributed by atoms with van der Waals surface area (Å²) in [4.78, 5) is 21.9. The molecule has 14 heavy (non-hydrogen) atoms. The second-order valence-corrected chi connectivity index (χ2v) is 3.40. The molecule has 0 bridgehead atoms. The van der Waals surface area contributed by atoms with Gasteiger partial charge in [-0.25, -0.2) is 4.39 Å². The SMILES string of the molecule is CC(=O)NC(=O)c1cccc(F)c1Br. The van der Waals surface area contributed by atoms with E-state index in [2.05, 4.69) is 21.2 Å². The molecule has 1 aromatic carbocycles. The number of carbonyl (C=O) groups excluding carboxylic acids is 2. The molecule has 0 atom stereocenters. The molecular formula is C9H7BrFNO2. The van der Waals surface area contributed by atoms with Crippen molar-refractivity contribution in [2.45, 2.75) is 6.92 Å². The molecule has 1 N–H and O–H groups in total. The lowest BCUT2D eigenvalue weighted by molar-refractivity contribution is -0.118. The molecule has 0 saturated heterocycles. The van der Waals surface area contributed by atoms with Gasteiger partial charge in [-0.3, -0.25) is 14.9 Å². The van der Waals surface area contributed by atoms with Crippen LogP contribution in [0.25, 0.3) is 0 Å². The fourth-order valence-corrected chi connectivity index (χ4v) is 1.35. The molecule has 2 amide bonds. The quantitative estimate of drug-likeness (QED) is 0.837. The predicted octanol–water partition coefficient (Wildman–Crippen LogP) is 1.86. The summed E-state index contributed by atoms with van der Waals surface area (Å²) in [6.45, 7) is 1.21. The van der Waals surface area contributed by atoms with Gasteiger partial charge in [-0.15, -0.1) is 0 Å². The largest absolute Gasteiger partial charge is 0.293 e. The van der Waals surface area contributed by atoms with E-state index in [-0.39, 0.29) is 10.0 Å². The summed E-state index contributed by atoms with van der Waals surface area (Å²) in [5.41, 5.74) is 0.0974. The third-order valence-corrected chi connectivity index (χ3v) is 2.29. The van der Waals surface area contributed by atoms with E-state index in [1.165, 1.54) is 25.1 Å². The van der Waals surface area contributed by atoms with Crippen LogP contribution in [0.4, 0.5) is 4.39 Å². The zero-order valence-corrected chi connectivity index (χ0v) is 8.89. The Morgan fingerprint density at radius 1 is 1.43 bits per heavy atom. The second-order valence-electron chi connectivity index (χ2n) is 2.61. The van der Waals surface area contributed by atoms with Gasteiger partial charge in [0.15, 0.2) is 0 Å². The maximum Gasteiger partial charge on any atom is 0.259 e. The molecule has 0 unspecified atom stereocenters. The van der Waals surface area contributed by atoms with Crippen LogP contribution < -0.4 is 5.32 Å². The second kappa shape index (κ2) is 4.32. The first kappa shape index (κ1) is 10.8. The van der Waals surface area contributed by atoms with Crippen molar-refractivity contribution in [3.63, 3.8) is 0 Å². The highest BCUT2D eigenvalue weighted by atomic mass is 79.9. The highest BCUT2D eigenvalue weighted by Gasteiger charge is 2.13. The normalized spacial score (nSPS) is 9.64. The van der Waals surface area contributed by atoms with Gasteiger partial charge in [0.1, 0.15) is 5.82 Å². The number of benzene rings is 1. The van der Waals surface area contributed by atoms with Crippen molar-refractivity contribution in [3.05, 3.63) is 34.1 Å². The Bertz CT molecular complexity index is 392. The van der Waals surface area contributed by atoms with Crippen molar-refractivity contribution in [2.75, 3.05) is 0 Å². The third-order valence-electron chi connectivity index (χ3n) is 1.49. The summed E-state index contributed by atoms with van der Waals surface area (Å²) < 4.78 is 13.0. The molecule has 1 aromatic rings. The third kappa shape index (κ3) is 2.38. The molecule has 0 aromatic heterocycles. The van der Waals surface area contributed by atoms with E-state index < -0.39 is 17.6 Å². The number of rotatable bonds is 1. The van der Waals surface area contributed by atoms with E-state index >= 15 is 0 Å². The van der Waals surface area contributed by atoms with Crippen molar-refractivity contribution in [1.82, 2.24) is 5.32 Å². The van der Waals surface area contributed by atoms with Crippen molar-refractivity contribution in [2.24, 2.45) is 0 Å². The summed E-state index contributed by atoms with van der Waals surface area (Å²) >= 11 is 2.92. The lowest BCUT2D eigenvalue weighted by Gasteiger charge is -2.03.